The van der Waals surface area contributed by atoms with Crippen molar-refractivity contribution in [1.29, 1.82) is 0 Å². The lowest BCUT2D eigenvalue weighted by Crippen LogP contribution is -2.56. The summed E-state index contributed by atoms with van der Waals surface area (Å²) in [6.07, 6.45) is 1.91. The molecule has 2 aromatic carbocycles. The number of methoxy groups -OCH3 is 1. The molecule has 1 aliphatic heterocycles. The van der Waals surface area contributed by atoms with Crippen LogP contribution in [-0.4, -0.2) is 77.1 Å². The van der Waals surface area contributed by atoms with E-state index in [9.17, 15) is 29.3 Å². The van der Waals surface area contributed by atoms with Crippen molar-refractivity contribution in [3.63, 3.8) is 0 Å². The van der Waals surface area contributed by atoms with Gasteiger partial charge in [0.2, 0.25) is 11.8 Å². The maximum absolute atomic E-state index is 13.8. The Kier molecular flexibility index (Phi) is 9.57. The second-order valence-corrected chi connectivity index (χ2v) is 9.81. The molecule has 0 aromatic heterocycles. The molecule has 0 saturated carbocycles. The Morgan fingerprint density at radius 1 is 1.23 bits per heavy atom. The topological polar surface area (TPSA) is 129 Å². The van der Waals surface area contributed by atoms with Gasteiger partial charge in [0.15, 0.2) is 11.5 Å². The van der Waals surface area contributed by atoms with Gasteiger partial charge in [0.25, 0.3) is 0 Å². The molecule has 0 radical (unpaired) electrons. The van der Waals surface area contributed by atoms with E-state index in [-0.39, 0.29) is 44.2 Å². The molecule has 4 unspecified atom stereocenters. The van der Waals surface area contributed by atoms with Crippen LogP contribution in [0.3, 0.4) is 0 Å². The Labute approximate surface area is 232 Å². The van der Waals surface area contributed by atoms with Gasteiger partial charge in [-0.25, -0.2) is 4.39 Å². The molecule has 4 atom stereocenters. The third-order valence-electron chi connectivity index (χ3n) is 7.27. The highest BCUT2D eigenvalue weighted by Gasteiger charge is 2.51. The number of rotatable bonds is 12. The molecule has 2 aromatic rings. The summed E-state index contributed by atoms with van der Waals surface area (Å²) in [5.74, 6) is -1.15. The van der Waals surface area contributed by atoms with E-state index in [1.807, 2.05) is 0 Å². The molecule has 0 saturated heterocycles. The Morgan fingerprint density at radius 2 is 2.02 bits per heavy atom. The van der Waals surface area contributed by atoms with Crippen molar-refractivity contribution in [3.05, 3.63) is 83.2 Å². The van der Waals surface area contributed by atoms with Crippen LogP contribution in [0.2, 0.25) is 0 Å². The van der Waals surface area contributed by atoms with Gasteiger partial charge in [-0.15, -0.1) is 6.58 Å². The number of aliphatic hydroxyl groups is 3. The Balaban J connectivity index is 1.76. The minimum absolute atomic E-state index is 0.00997. The number of nitrogens with one attached hydrogen (secondary N) is 1. The van der Waals surface area contributed by atoms with Crippen molar-refractivity contribution in [2.75, 3.05) is 26.8 Å². The molecule has 0 fully saturated rings. The number of benzene rings is 2. The van der Waals surface area contributed by atoms with Crippen LogP contribution in [0.5, 0.6) is 11.5 Å². The molecule has 1 heterocycles. The van der Waals surface area contributed by atoms with Crippen LogP contribution in [0, 0.1) is 5.82 Å². The predicted molar refractivity (Wildman–Crippen MR) is 145 cm³/mol. The second-order valence-electron chi connectivity index (χ2n) is 9.81. The molecular formula is C30H35FN2O7. The first-order valence-electron chi connectivity index (χ1n) is 13.2. The standard InChI is InChI=1S/C30H35FN2O7/c1-3-4-8-25(36)33(11-9-18-6-5-7-20(31)13-18)23-16-22(30(38)32-10-12-34)26-21-14-19(17-35)15-24(39-2)28(21)40-29(26)27(23)37/h3,5-7,13-16,23,26-27,29,34-35,37H,1,4,8-12,17H2,2H3,(H,32,38). The van der Waals surface area contributed by atoms with E-state index in [2.05, 4.69) is 11.9 Å². The van der Waals surface area contributed by atoms with Crippen molar-refractivity contribution in [2.45, 2.75) is 50.0 Å². The molecular weight excluding hydrogens is 519 g/mol. The quantitative estimate of drug-likeness (QED) is 0.296. The maximum atomic E-state index is 13.8. The first-order chi connectivity index (χ1) is 19.3. The average molecular weight is 555 g/mol. The third-order valence-corrected chi connectivity index (χ3v) is 7.27. The van der Waals surface area contributed by atoms with Gasteiger partial charge < -0.3 is 35.0 Å². The minimum Gasteiger partial charge on any atom is -0.493 e. The summed E-state index contributed by atoms with van der Waals surface area (Å²) in [6.45, 7) is 3.32. The Hall–Kier alpha value is -3.73. The first kappa shape index (κ1) is 29.3. The second kappa shape index (κ2) is 13.1. The molecule has 4 N–H and O–H groups in total. The fourth-order valence-electron chi connectivity index (χ4n) is 5.37. The largest absolute Gasteiger partial charge is 0.493 e. The molecule has 10 heteroatoms. The van der Waals surface area contributed by atoms with Gasteiger partial charge in [0.05, 0.1) is 32.3 Å². The zero-order valence-corrected chi connectivity index (χ0v) is 22.4. The number of aliphatic hydroxyl groups excluding tert-OH is 3. The number of fused-ring (bicyclic) bond motifs is 3. The fourth-order valence-corrected chi connectivity index (χ4v) is 5.37. The van der Waals surface area contributed by atoms with Gasteiger partial charge in [-0.3, -0.25) is 9.59 Å². The number of allylic oxidation sites excluding steroid dienone is 1. The van der Waals surface area contributed by atoms with Gasteiger partial charge in [-0.1, -0.05) is 18.2 Å². The number of carbonyl (C=O) groups is 2. The smallest absolute Gasteiger partial charge is 0.247 e. The van der Waals surface area contributed by atoms with Crippen LogP contribution >= 0.6 is 0 Å². The molecule has 9 nitrogen and oxygen atoms in total. The van der Waals surface area contributed by atoms with Gasteiger partial charge in [-0.05, 0) is 54.3 Å². The van der Waals surface area contributed by atoms with E-state index in [1.54, 1.807) is 36.4 Å². The highest BCUT2D eigenvalue weighted by atomic mass is 19.1. The zero-order valence-electron chi connectivity index (χ0n) is 22.4. The van der Waals surface area contributed by atoms with Crippen LogP contribution < -0.4 is 14.8 Å². The summed E-state index contributed by atoms with van der Waals surface area (Å²) in [4.78, 5) is 28.3. The number of halogens is 1. The first-order valence-corrected chi connectivity index (χ1v) is 13.2. The number of hydrogen-bond acceptors (Lipinski definition) is 7. The molecule has 1 aliphatic carbocycles. The third kappa shape index (κ3) is 6.04. The molecule has 0 spiro atoms. The summed E-state index contributed by atoms with van der Waals surface area (Å²) in [6, 6.07) is 8.49. The van der Waals surface area contributed by atoms with Crippen molar-refractivity contribution >= 4 is 11.8 Å². The van der Waals surface area contributed by atoms with E-state index < -0.39 is 35.9 Å². The van der Waals surface area contributed by atoms with Crippen molar-refractivity contribution in [2.24, 2.45) is 0 Å². The molecule has 2 amide bonds. The molecule has 2 aliphatic rings. The lowest BCUT2D eigenvalue weighted by Gasteiger charge is -2.41. The van der Waals surface area contributed by atoms with Gasteiger partial charge >= 0.3 is 0 Å². The highest BCUT2D eigenvalue weighted by Crippen LogP contribution is 2.51. The number of hydrogen-bond donors (Lipinski definition) is 4. The van der Waals surface area contributed by atoms with Crippen LogP contribution in [0.15, 0.2) is 60.7 Å². The lowest BCUT2D eigenvalue weighted by molar-refractivity contribution is -0.137. The predicted octanol–water partition coefficient (Wildman–Crippen LogP) is 1.99. The van der Waals surface area contributed by atoms with Gasteiger partial charge in [0, 0.05) is 30.6 Å². The average Bonchev–Trinajstić information content (AvgIpc) is 3.35. The highest BCUT2D eigenvalue weighted by molar-refractivity contribution is 5.96. The van der Waals surface area contributed by atoms with Crippen LogP contribution in [-0.2, 0) is 22.6 Å². The van der Waals surface area contributed by atoms with Gasteiger partial charge in [0.1, 0.15) is 18.0 Å². The zero-order chi connectivity index (χ0) is 28.8. The van der Waals surface area contributed by atoms with Gasteiger partial charge in [-0.2, -0.15) is 0 Å². The van der Waals surface area contributed by atoms with Crippen LogP contribution in [0.1, 0.15) is 35.4 Å². The molecule has 4 rings (SSSR count). The number of ether oxygens (including phenoxy) is 2. The summed E-state index contributed by atoms with van der Waals surface area (Å²) in [5.41, 5.74) is 2.06. The summed E-state index contributed by atoms with van der Waals surface area (Å²) in [5, 5.41) is 33.4. The van der Waals surface area contributed by atoms with Crippen molar-refractivity contribution in [1.82, 2.24) is 10.2 Å². The molecule has 40 heavy (non-hydrogen) atoms. The van der Waals surface area contributed by atoms with Crippen molar-refractivity contribution in [3.8, 4) is 11.5 Å². The van der Waals surface area contributed by atoms with Crippen molar-refractivity contribution < 1.29 is 38.8 Å². The number of carbonyl (C=O) groups excluding carboxylic acids is 2. The lowest BCUT2D eigenvalue weighted by atomic mass is 9.77. The van der Waals surface area contributed by atoms with E-state index in [0.29, 0.717) is 41.0 Å². The molecule has 0 bridgehead atoms. The fraction of sp³-hybridized carbons (Fsp3) is 0.400. The Morgan fingerprint density at radius 3 is 2.70 bits per heavy atom. The van der Waals surface area contributed by atoms with E-state index >= 15 is 0 Å². The van der Waals surface area contributed by atoms with Crippen LogP contribution in [0.4, 0.5) is 4.39 Å². The van der Waals surface area contributed by atoms with E-state index in [4.69, 9.17) is 9.47 Å². The summed E-state index contributed by atoms with van der Waals surface area (Å²) in [7, 11) is 1.46. The SMILES string of the molecule is C=CCCC(=O)N(CCc1cccc(F)c1)C1C=C(C(=O)NCCO)C2c3cc(CO)cc(OC)c3OC2C1O. The van der Waals surface area contributed by atoms with E-state index in [1.165, 1.54) is 24.1 Å². The monoisotopic (exact) mass is 554 g/mol. The number of nitrogens with zero attached hydrogens (tertiary/aromatic N) is 1. The number of amides is 2. The summed E-state index contributed by atoms with van der Waals surface area (Å²) >= 11 is 0. The Bertz CT molecular complexity index is 1280. The normalized spacial score (nSPS) is 21.0. The van der Waals surface area contributed by atoms with E-state index in [0.717, 1.165) is 0 Å². The van der Waals surface area contributed by atoms with Crippen LogP contribution in [0.25, 0.3) is 0 Å². The maximum Gasteiger partial charge on any atom is 0.247 e. The minimum atomic E-state index is -1.23. The summed E-state index contributed by atoms with van der Waals surface area (Å²) < 4.78 is 25.5. The molecule has 214 valence electrons.